The van der Waals surface area contributed by atoms with Crippen LogP contribution in [-0.4, -0.2) is 56.7 Å². The summed E-state index contributed by atoms with van der Waals surface area (Å²) in [5.41, 5.74) is 0.915. The fraction of sp³-hybridized carbons (Fsp3) is 0.385. The summed E-state index contributed by atoms with van der Waals surface area (Å²) in [7, 11) is 0. The molecule has 1 unspecified atom stereocenters. The van der Waals surface area contributed by atoms with Crippen molar-refractivity contribution >= 4 is 17.8 Å². The molecule has 11 nitrogen and oxygen atoms in total. The van der Waals surface area contributed by atoms with Gasteiger partial charge in [-0.15, -0.1) is 0 Å². The molecule has 0 saturated carbocycles. The van der Waals surface area contributed by atoms with Gasteiger partial charge in [-0.2, -0.15) is 4.98 Å². The Balaban J connectivity index is 1.99. The maximum atomic E-state index is 12.1. The van der Waals surface area contributed by atoms with E-state index in [0.717, 1.165) is 16.7 Å². The molecule has 1 saturated heterocycles. The fourth-order valence-corrected chi connectivity index (χ4v) is 2.50. The van der Waals surface area contributed by atoms with Gasteiger partial charge in [-0.3, -0.25) is 15.3 Å². The third kappa shape index (κ3) is 2.87. The van der Waals surface area contributed by atoms with Crippen LogP contribution in [0.1, 0.15) is 6.23 Å². The first-order valence-electron chi connectivity index (χ1n) is 6.88. The Labute approximate surface area is 134 Å². The monoisotopic (exact) mass is 339 g/mol. The molecule has 1 aromatic rings. The molecule has 2 aliphatic rings. The molecular weight excluding hydrogens is 326 g/mol. The Bertz CT molecular complexity index is 745. The molecule has 3 N–H and O–H groups in total. The Hall–Kier alpha value is -2.76. The molecule has 2 aliphatic heterocycles. The lowest BCUT2D eigenvalue weighted by atomic mass is 10.1. The summed E-state index contributed by atoms with van der Waals surface area (Å²) in [6, 6.07) is 1.28. The molecule has 1 fully saturated rings. The summed E-state index contributed by atoms with van der Waals surface area (Å²) in [5, 5.41) is 18.2. The van der Waals surface area contributed by atoms with Crippen molar-refractivity contribution < 1.29 is 34.1 Å². The van der Waals surface area contributed by atoms with Gasteiger partial charge in [0.1, 0.15) is 6.10 Å². The highest BCUT2D eigenvalue weighted by atomic mass is 16.6. The van der Waals surface area contributed by atoms with Crippen molar-refractivity contribution in [3.05, 3.63) is 34.9 Å². The van der Waals surface area contributed by atoms with Crippen molar-refractivity contribution in [3.8, 4) is 0 Å². The molecule has 0 aromatic carbocycles. The molecule has 24 heavy (non-hydrogen) atoms. The van der Waals surface area contributed by atoms with Crippen LogP contribution >= 0.6 is 0 Å². The van der Waals surface area contributed by atoms with E-state index in [1.165, 1.54) is 12.3 Å². The van der Waals surface area contributed by atoms with Gasteiger partial charge in [-0.05, 0) is 6.07 Å². The van der Waals surface area contributed by atoms with E-state index in [2.05, 4.69) is 4.98 Å². The first-order chi connectivity index (χ1) is 11.5. The number of rotatable bonds is 3. The summed E-state index contributed by atoms with van der Waals surface area (Å²) in [4.78, 5) is 38.9. The zero-order valence-corrected chi connectivity index (χ0v) is 12.1. The van der Waals surface area contributed by atoms with E-state index in [1.807, 2.05) is 0 Å². The number of nitrogens with one attached hydrogen (secondary N) is 1. The van der Waals surface area contributed by atoms with E-state index in [0.29, 0.717) is 0 Å². The first kappa shape index (κ1) is 16.1. The minimum atomic E-state index is -1.16. The number of hydrogen-bond donors (Lipinski definition) is 3. The third-order valence-electron chi connectivity index (χ3n) is 3.54. The van der Waals surface area contributed by atoms with Crippen molar-refractivity contribution in [2.24, 2.45) is 0 Å². The van der Waals surface area contributed by atoms with E-state index in [9.17, 15) is 19.5 Å². The van der Waals surface area contributed by atoms with Gasteiger partial charge in [-0.25, -0.2) is 14.4 Å². The summed E-state index contributed by atoms with van der Waals surface area (Å²) >= 11 is 0. The number of ether oxygens (including phenoxy) is 3. The molecule has 0 bridgehead atoms. The van der Waals surface area contributed by atoms with Crippen LogP contribution < -0.4 is 11.2 Å². The van der Waals surface area contributed by atoms with Crippen LogP contribution in [0.5, 0.6) is 0 Å². The molecule has 0 spiro atoms. The number of nitrogens with zero attached hydrogens (tertiary/aromatic N) is 2. The lowest BCUT2D eigenvalue weighted by Crippen LogP contribution is -2.42. The Kier molecular flexibility index (Phi) is 4.29. The number of aromatic nitrogens is 2. The maximum Gasteiger partial charge on any atom is 0.351 e. The van der Waals surface area contributed by atoms with Gasteiger partial charge in [0.25, 0.3) is 0 Å². The van der Waals surface area contributed by atoms with Gasteiger partial charge in [0.05, 0.1) is 6.61 Å². The van der Waals surface area contributed by atoms with Crippen molar-refractivity contribution in [2.75, 3.05) is 12.1 Å². The molecule has 3 rings (SSSR count). The van der Waals surface area contributed by atoms with Gasteiger partial charge in [0, 0.05) is 18.3 Å². The lowest BCUT2D eigenvalue weighted by Gasteiger charge is -2.24. The van der Waals surface area contributed by atoms with Crippen LogP contribution in [0.3, 0.4) is 0 Å². The van der Waals surface area contributed by atoms with Crippen molar-refractivity contribution in [3.63, 3.8) is 0 Å². The predicted octanol–water partition coefficient (Wildman–Crippen LogP) is -1.67. The highest BCUT2D eigenvalue weighted by Gasteiger charge is 2.50. The molecule has 1 aromatic heterocycles. The van der Waals surface area contributed by atoms with Crippen LogP contribution in [0.4, 0.5) is 5.82 Å². The third-order valence-corrected chi connectivity index (χ3v) is 3.54. The number of fused-ring (bicyclic) bond motifs is 1. The van der Waals surface area contributed by atoms with E-state index < -0.39 is 48.8 Å². The quantitative estimate of drug-likeness (QED) is 0.431. The number of carbonyl (C=O) groups excluding carboxylic acids is 2. The minimum Gasteiger partial charge on any atom is -0.452 e. The highest BCUT2D eigenvalue weighted by Crippen LogP contribution is 2.33. The van der Waals surface area contributed by atoms with Crippen molar-refractivity contribution in [1.29, 1.82) is 0 Å². The smallest absolute Gasteiger partial charge is 0.351 e. The Morgan fingerprint density at radius 3 is 2.42 bits per heavy atom. The Morgan fingerprint density at radius 1 is 1.17 bits per heavy atom. The van der Waals surface area contributed by atoms with E-state index in [1.54, 1.807) is 5.48 Å². The maximum absolute atomic E-state index is 12.1. The van der Waals surface area contributed by atoms with Crippen LogP contribution in [0.25, 0.3) is 0 Å². The topological polar surface area (TPSA) is 149 Å². The Morgan fingerprint density at radius 2 is 1.83 bits per heavy atom. The zero-order chi connectivity index (χ0) is 17.3. The van der Waals surface area contributed by atoms with E-state index in [4.69, 9.17) is 19.4 Å². The second-order valence-corrected chi connectivity index (χ2v) is 5.00. The normalized spacial score (nSPS) is 30.6. The largest absolute Gasteiger partial charge is 0.452 e. The SMILES string of the molecule is O=C1/C=C\C(=O)O[C@@H]2C(O1)[C@@H](CO)O[C@H]2n1ccc(NO)nc1=O. The number of esters is 2. The first-order valence-corrected chi connectivity index (χ1v) is 6.88. The second kappa shape index (κ2) is 6.39. The van der Waals surface area contributed by atoms with Crippen LogP contribution in [-0.2, 0) is 23.8 Å². The van der Waals surface area contributed by atoms with Gasteiger partial charge in [0.2, 0.25) is 0 Å². The van der Waals surface area contributed by atoms with Gasteiger partial charge in [0.15, 0.2) is 24.3 Å². The van der Waals surface area contributed by atoms with Crippen LogP contribution in [0.15, 0.2) is 29.2 Å². The summed E-state index contributed by atoms with van der Waals surface area (Å²) < 4.78 is 16.8. The van der Waals surface area contributed by atoms with Crippen LogP contribution in [0.2, 0.25) is 0 Å². The fourth-order valence-electron chi connectivity index (χ4n) is 2.50. The molecule has 0 radical (unpaired) electrons. The molecule has 11 heteroatoms. The minimum absolute atomic E-state index is 0.0893. The standard InChI is InChI=1S/C13H13N3O8/c17-5-6-10-11(24-9(19)2-1-8(18)23-10)12(22-6)16-4-3-7(15-21)14-13(16)20/h1-4,6,10-12,17,21H,5H2,(H,14,15,20)/b2-1-/t6-,10?,11-,12-/m1/s1. The van der Waals surface area contributed by atoms with Gasteiger partial charge < -0.3 is 19.3 Å². The lowest BCUT2D eigenvalue weighted by molar-refractivity contribution is -0.164. The molecule has 3 heterocycles. The molecular formula is C13H13N3O8. The van der Waals surface area contributed by atoms with Crippen molar-refractivity contribution in [1.82, 2.24) is 9.55 Å². The number of carbonyl (C=O) groups is 2. The summed E-state index contributed by atoms with van der Waals surface area (Å²) in [5.74, 6) is -1.70. The number of aliphatic hydroxyl groups excluding tert-OH is 1. The predicted molar refractivity (Wildman–Crippen MR) is 73.8 cm³/mol. The average Bonchev–Trinajstić information content (AvgIpc) is 2.88. The van der Waals surface area contributed by atoms with Gasteiger partial charge in [-0.1, -0.05) is 0 Å². The summed E-state index contributed by atoms with van der Waals surface area (Å²) in [6.07, 6.45) is -1.37. The molecule has 0 aliphatic carbocycles. The van der Waals surface area contributed by atoms with E-state index >= 15 is 0 Å². The number of anilines is 1. The number of hydrogen-bond acceptors (Lipinski definition) is 10. The van der Waals surface area contributed by atoms with Gasteiger partial charge >= 0.3 is 17.6 Å². The number of aliphatic hydroxyl groups is 1. The highest BCUT2D eigenvalue weighted by molar-refractivity contribution is 5.92. The van der Waals surface area contributed by atoms with Crippen molar-refractivity contribution in [2.45, 2.75) is 24.5 Å². The second-order valence-electron chi connectivity index (χ2n) is 5.00. The molecule has 128 valence electrons. The summed E-state index contributed by atoms with van der Waals surface area (Å²) in [6.45, 7) is -0.523. The van der Waals surface area contributed by atoms with Crippen LogP contribution in [0, 0.1) is 0 Å². The van der Waals surface area contributed by atoms with E-state index in [-0.39, 0.29) is 5.82 Å². The average molecular weight is 339 g/mol. The molecule has 0 amide bonds. The molecule has 4 atom stereocenters. The zero-order valence-electron chi connectivity index (χ0n) is 12.1.